The van der Waals surface area contributed by atoms with E-state index in [9.17, 15) is 10.2 Å². The van der Waals surface area contributed by atoms with E-state index in [-0.39, 0.29) is 5.41 Å². The largest absolute Gasteiger partial charge is 0.390 e. The fourth-order valence-corrected chi connectivity index (χ4v) is 2.12. The van der Waals surface area contributed by atoms with Crippen molar-refractivity contribution in [2.24, 2.45) is 11.3 Å². The van der Waals surface area contributed by atoms with Crippen LogP contribution < -0.4 is 0 Å². The summed E-state index contributed by atoms with van der Waals surface area (Å²) in [5.74, 6) is 0.479. The lowest BCUT2D eigenvalue weighted by Crippen LogP contribution is -2.50. The minimum absolute atomic E-state index is 0.142. The average molecular weight is 172 g/mol. The van der Waals surface area contributed by atoms with Gasteiger partial charge in [0.05, 0.1) is 11.7 Å². The molecule has 1 saturated carbocycles. The third-order valence-corrected chi connectivity index (χ3v) is 3.44. The van der Waals surface area contributed by atoms with E-state index in [4.69, 9.17) is 0 Å². The Morgan fingerprint density at radius 3 is 2.17 bits per heavy atom. The Morgan fingerprint density at radius 2 is 1.75 bits per heavy atom. The number of hydrogen-bond acceptors (Lipinski definition) is 2. The highest BCUT2D eigenvalue weighted by atomic mass is 16.3. The first kappa shape index (κ1) is 10.0. The molecule has 0 heterocycles. The standard InChI is InChI=1S/C10H20O2/c1-7-5-8(11)10(4,12)6-9(7,2)3/h7-8,11-12H,5-6H2,1-4H3/t7-,8+,10?/m0/s1. The van der Waals surface area contributed by atoms with Crippen molar-refractivity contribution >= 4 is 0 Å². The summed E-state index contributed by atoms with van der Waals surface area (Å²) in [5.41, 5.74) is -0.751. The van der Waals surface area contributed by atoms with Crippen molar-refractivity contribution in [3.05, 3.63) is 0 Å². The molecule has 1 aliphatic rings. The Kier molecular flexibility index (Phi) is 2.26. The zero-order valence-corrected chi connectivity index (χ0v) is 8.46. The summed E-state index contributed by atoms with van der Waals surface area (Å²) in [6, 6.07) is 0. The third-order valence-electron chi connectivity index (χ3n) is 3.44. The van der Waals surface area contributed by atoms with Gasteiger partial charge in [0.25, 0.3) is 0 Å². The van der Waals surface area contributed by atoms with Crippen LogP contribution in [0.3, 0.4) is 0 Å². The molecule has 2 nitrogen and oxygen atoms in total. The first-order valence-electron chi connectivity index (χ1n) is 4.66. The van der Waals surface area contributed by atoms with E-state index < -0.39 is 11.7 Å². The Morgan fingerprint density at radius 1 is 1.25 bits per heavy atom. The molecule has 0 saturated heterocycles. The van der Waals surface area contributed by atoms with Gasteiger partial charge in [-0.25, -0.2) is 0 Å². The second-order valence-corrected chi connectivity index (χ2v) is 5.18. The molecule has 0 aromatic carbocycles. The summed E-state index contributed by atoms with van der Waals surface area (Å²) in [4.78, 5) is 0. The molecule has 1 aliphatic carbocycles. The quantitative estimate of drug-likeness (QED) is 0.582. The van der Waals surface area contributed by atoms with E-state index in [1.54, 1.807) is 6.92 Å². The van der Waals surface area contributed by atoms with Gasteiger partial charge in [-0.3, -0.25) is 0 Å². The van der Waals surface area contributed by atoms with Crippen molar-refractivity contribution < 1.29 is 10.2 Å². The van der Waals surface area contributed by atoms with Crippen molar-refractivity contribution in [2.45, 2.75) is 52.2 Å². The van der Waals surface area contributed by atoms with Crippen LogP contribution in [0.4, 0.5) is 0 Å². The van der Waals surface area contributed by atoms with Crippen molar-refractivity contribution in [3.8, 4) is 0 Å². The van der Waals surface area contributed by atoms with Gasteiger partial charge in [-0.15, -0.1) is 0 Å². The molecule has 2 heteroatoms. The number of aliphatic hydroxyl groups excluding tert-OH is 1. The van der Waals surface area contributed by atoms with Gasteiger partial charge in [0.2, 0.25) is 0 Å². The second kappa shape index (κ2) is 2.71. The molecular weight excluding hydrogens is 152 g/mol. The minimum atomic E-state index is -0.893. The van der Waals surface area contributed by atoms with E-state index in [2.05, 4.69) is 20.8 Å². The molecule has 1 unspecified atom stereocenters. The smallest absolute Gasteiger partial charge is 0.0882 e. The fourth-order valence-electron chi connectivity index (χ4n) is 2.12. The summed E-state index contributed by atoms with van der Waals surface area (Å²) >= 11 is 0. The van der Waals surface area contributed by atoms with E-state index in [1.165, 1.54) is 0 Å². The molecule has 0 radical (unpaired) electrons. The lowest BCUT2D eigenvalue weighted by Gasteiger charge is -2.47. The number of hydrogen-bond donors (Lipinski definition) is 2. The van der Waals surface area contributed by atoms with Gasteiger partial charge < -0.3 is 10.2 Å². The molecule has 1 fully saturated rings. The first-order valence-corrected chi connectivity index (χ1v) is 4.66. The zero-order chi connectivity index (χ0) is 9.57. The fraction of sp³-hybridized carbons (Fsp3) is 1.00. The van der Waals surface area contributed by atoms with Crippen LogP contribution in [0, 0.1) is 11.3 Å². The number of rotatable bonds is 0. The molecule has 0 amide bonds. The highest BCUT2D eigenvalue weighted by molar-refractivity contribution is 4.96. The maximum atomic E-state index is 9.85. The molecule has 3 atom stereocenters. The third kappa shape index (κ3) is 1.64. The van der Waals surface area contributed by atoms with Crippen LogP contribution in [0.1, 0.15) is 40.5 Å². The Hall–Kier alpha value is -0.0800. The van der Waals surface area contributed by atoms with Crippen molar-refractivity contribution in [1.29, 1.82) is 0 Å². The van der Waals surface area contributed by atoms with E-state index in [1.807, 2.05) is 0 Å². The molecule has 2 N–H and O–H groups in total. The van der Waals surface area contributed by atoms with E-state index in [0.717, 1.165) is 0 Å². The molecule has 0 spiro atoms. The van der Waals surface area contributed by atoms with Crippen LogP contribution in [0.5, 0.6) is 0 Å². The Bertz CT molecular complexity index is 155. The van der Waals surface area contributed by atoms with Crippen LogP contribution in [0.15, 0.2) is 0 Å². The summed E-state index contributed by atoms with van der Waals surface area (Å²) in [6.07, 6.45) is 0.836. The highest BCUT2D eigenvalue weighted by Crippen LogP contribution is 2.44. The monoisotopic (exact) mass is 172 g/mol. The van der Waals surface area contributed by atoms with E-state index in [0.29, 0.717) is 18.8 Å². The topological polar surface area (TPSA) is 40.5 Å². The maximum absolute atomic E-state index is 9.85. The Balaban J connectivity index is 2.78. The van der Waals surface area contributed by atoms with Gasteiger partial charge in [-0.1, -0.05) is 20.8 Å². The average Bonchev–Trinajstić information content (AvgIpc) is 1.82. The molecule has 0 aromatic heterocycles. The van der Waals surface area contributed by atoms with Crippen LogP contribution in [-0.4, -0.2) is 21.9 Å². The minimum Gasteiger partial charge on any atom is -0.390 e. The second-order valence-electron chi connectivity index (χ2n) is 5.18. The maximum Gasteiger partial charge on any atom is 0.0882 e. The first-order chi connectivity index (χ1) is 5.26. The SMILES string of the molecule is C[C@H]1C[C@@H](O)C(C)(O)CC1(C)C. The van der Waals surface area contributed by atoms with Gasteiger partial charge in [0.1, 0.15) is 0 Å². The van der Waals surface area contributed by atoms with Crippen molar-refractivity contribution in [2.75, 3.05) is 0 Å². The van der Waals surface area contributed by atoms with E-state index >= 15 is 0 Å². The van der Waals surface area contributed by atoms with Gasteiger partial charge in [-0.05, 0) is 31.1 Å². The molecule has 12 heavy (non-hydrogen) atoms. The molecule has 0 bridgehead atoms. The van der Waals surface area contributed by atoms with Crippen molar-refractivity contribution in [3.63, 3.8) is 0 Å². The summed E-state index contributed by atoms with van der Waals surface area (Å²) in [5, 5.41) is 19.4. The lowest BCUT2D eigenvalue weighted by atomic mass is 9.63. The molecule has 1 rings (SSSR count). The molecule has 72 valence electrons. The Labute approximate surface area is 74.6 Å². The van der Waals surface area contributed by atoms with Gasteiger partial charge in [0, 0.05) is 0 Å². The van der Waals surface area contributed by atoms with Crippen LogP contribution in [0.2, 0.25) is 0 Å². The van der Waals surface area contributed by atoms with Crippen LogP contribution >= 0.6 is 0 Å². The van der Waals surface area contributed by atoms with Gasteiger partial charge >= 0.3 is 0 Å². The van der Waals surface area contributed by atoms with Crippen molar-refractivity contribution in [1.82, 2.24) is 0 Å². The zero-order valence-electron chi connectivity index (χ0n) is 8.46. The molecule has 0 aromatic rings. The van der Waals surface area contributed by atoms with Crippen LogP contribution in [-0.2, 0) is 0 Å². The normalized spacial score (nSPS) is 47.5. The predicted molar refractivity (Wildman–Crippen MR) is 48.8 cm³/mol. The molecular formula is C10H20O2. The summed E-state index contributed by atoms with van der Waals surface area (Å²) in [7, 11) is 0. The number of aliphatic hydroxyl groups is 2. The predicted octanol–water partition coefficient (Wildman–Crippen LogP) is 1.55. The van der Waals surface area contributed by atoms with Gasteiger partial charge in [-0.2, -0.15) is 0 Å². The lowest BCUT2D eigenvalue weighted by molar-refractivity contribution is -0.134. The van der Waals surface area contributed by atoms with Crippen LogP contribution in [0.25, 0.3) is 0 Å². The molecule has 0 aliphatic heterocycles. The summed E-state index contributed by atoms with van der Waals surface area (Å²) < 4.78 is 0. The highest BCUT2D eigenvalue weighted by Gasteiger charge is 2.45. The van der Waals surface area contributed by atoms with Gasteiger partial charge in [0.15, 0.2) is 0 Å². The summed E-state index contributed by atoms with van der Waals surface area (Å²) in [6.45, 7) is 8.17.